The van der Waals surface area contributed by atoms with Crippen LogP contribution in [0, 0.1) is 11.8 Å². The van der Waals surface area contributed by atoms with Crippen molar-refractivity contribution in [3.8, 4) is 0 Å². The fraction of sp³-hybridized carbons (Fsp3) is 1.00. The van der Waals surface area contributed by atoms with E-state index in [0.29, 0.717) is 12.3 Å². The molecule has 4 N–H and O–H groups in total. The third-order valence-electron chi connectivity index (χ3n) is 3.63. The number of aliphatic hydroxyl groups is 4. The molecule has 0 radical (unpaired) electrons. The van der Waals surface area contributed by atoms with Gasteiger partial charge in [-0.3, -0.25) is 0 Å². The average Bonchev–Trinajstić information content (AvgIpc) is 2.31. The Morgan fingerprint density at radius 3 is 1.05 bits per heavy atom. The standard InChI is InChI=1S/C12H26O4P2S2/c1-7(2)5-17(19)9(13)11(15)18(20,6-8(3)4)12(16)10(17)14/h7-16H,5-6H2,1-4H3. The molecule has 4 unspecified atom stereocenters. The van der Waals surface area contributed by atoms with Gasteiger partial charge in [0.15, 0.2) is 0 Å². The molecular formula is C12H26O4P2S2. The van der Waals surface area contributed by atoms with Crippen LogP contribution in [0.2, 0.25) is 0 Å². The van der Waals surface area contributed by atoms with Gasteiger partial charge in [-0.25, -0.2) is 0 Å². The summed E-state index contributed by atoms with van der Waals surface area (Å²) in [6.07, 6.45) is 0.908. The van der Waals surface area contributed by atoms with Crippen molar-refractivity contribution in [3.05, 3.63) is 0 Å². The van der Waals surface area contributed by atoms with Crippen molar-refractivity contribution in [1.29, 1.82) is 0 Å². The number of rotatable bonds is 4. The predicted molar refractivity (Wildman–Crippen MR) is 92.0 cm³/mol. The lowest BCUT2D eigenvalue weighted by molar-refractivity contribution is 0.0763. The summed E-state index contributed by atoms with van der Waals surface area (Å²) in [4.78, 5) is 0. The third-order valence-corrected chi connectivity index (χ3v) is 14.9. The van der Waals surface area contributed by atoms with Crippen LogP contribution < -0.4 is 0 Å². The van der Waals surface area contributed by atoms with Crippen LogP contribution in [-0.4, -0.2) is 56.1 Å². The molecule has 0 amide bonds. The average molecular weight is 360 g/mol. The fourth-order valence-electron chi connectivity index (χ4n) is 2.79. The van der Waals surface area contributed by atoms with Crippen LogP contribution in [0.4, 0.5) is 0 Å². The molecule has 1 heterocycles. The summed E-state index contributed by atoms with van der Waals surface area (Å²) in [7, 11) is 0. The highest BCUT2D eigenvalue weighted by Gasteiger charge is 2.55. The second-order valence-electron chi connectivity index (χ2n) is 6.52. The summed E-state index contributed by atoms with van der Waals surface area (Å²) in [5.74, 6) is -4.28. The van der Waals surface area contributed by atoms with Gasteiger partial charge in [0.2, 0.25) is 0 Å². The smallest absolute Gasteiger partial charge is 0.115 e. The van der Waals surface area contributed by atoms with E-state index in [1.807, 2.05) is 27.7 Å². The highest BCUT2D eigenvalue weighted by Crippen LogP contribution is 2.73. The molecule has 4 nitrogen and oxygen atoms in total. The van der Waals surface area contributed by atoms with E-state index < -0.39 is 35.5 Å². The molecule has 1 rings (SSSR count). The summed E-state index contributed by atoms with van der Waals surface area (Å²) in [6, 6.07) is -5.36. The molecule has 0 saturated carbocycles. The predicted octanol–water partition coefficient (Wildman–Crippen LogP) is 1.54. The summed E-state index contributed by atoms with van der Waals surface area (Å²) in [5, 5.41) is 41.9. The van der Waals surface area contributed by atoms with Gasteiger partial charge in [-0.15, -0.1) is 0 Å². The van der Waals surface area contributed by atoms with Gasteiger partial charge in [0, 0.05) is 12.1 Å². The van der Waals surface area contributed by atoms with E-state index in [1.165, 1.54) is 0 Å². The molecule has 0 aromatic carbocycles. The van der Waals surface area contributed by atoms with E-state index in [1.54, 1.807) is 0 Å². The largest absolute Gasteiger partial charge is 0.385 e. The zero-order chi connectivity index (χ0) is 15.9. The monoisotopic (exact) mass is 360 g/mol. The molecule has 0 aromatic heterocycles. The van der Waals surface area contributed by atoms with Crippen molar-refractivity contribution in [2.45, 2.75) is 51.1 Å². The molecule has 1 aliphatic rings. The molecule has 20 heavy (non-hydrogen) atoms. The Hall–Kier alpha value is 1.14. The molecule has 0 aliphatic carbocycles. The maximum atomic E-state index is 10.5. The summed E-state index contributed by atoms with van der Waals surface area (Å²) in [6.45, 7) is 7.80. The molecule has 8 heteroatoms. The Morgan fingerprint density at radius 1 is 0.700 bits per heavy atom. The zero-order valence-electron chi connectivity index (χ0n) is 12.4. The molecular weight excluding hydrogens is 334 g/mol. The van der Waals surface area contributed by atoms with Crippen molar-refractivity contribution >= 4 is 35.7 Å². The normalized spacial score (nSPS) is 46.1. The van der Waals surface area contributed by atoms with E-state index in [4.69, 9.17) is 23.6 Å². The molecule has 1 saturated heterocycles. The Bertz CT molecular complexity index is 377. The summed E-state index contributed by atoms with van der Waals surface area (Å²) in [5.41, 5.74) is 0. The van der Waals surface area contributed by atoms with E-state index in [9.17, 15) is 20.4 Å². The number of hydrogen-bond donors (Lipinski definition) is 4. The fourth-order valence-corrected chi connectivity index (χ4v) is 15.5. The van der Waals surface area contributed by atoms with E-state index in [-0.39, 0.29) is 11.8 Å². The minimum Gasteiger partial charge on any atom is -0.385 e. The Balaban J connectivity index is 3.21. The molecule has 0 aromatic rings. The maximum Gasteiger partial charge on any atom is 0.115 e. The first-order valence-corrected chi connectivity index (χ1v) is 13.1. The second-order valence-corrected chi connectivity index (χ2v) is 16.9. The molecule has 1 aliphatic heterocycles. The lowest BCUT2D eigenvalue weighted by Crippen LogP contribution is -2.46. The second kappa shape index (κ2) is 6.72. The van der Waals surface area contributed by atoms with Crippen molar-refractivity contribution in [1.82, 2.24) is 0 Å². The minimum absolute atomic E-state index is 0.186. The molecule has 4 atom stereocenters. The SMILES string of the molecule is CC(C)CP1(=S)C(O)C(O)P(=S)(CC(C)C)C(O)C1O. The first kappa shape index (κ1) is 19.2. The van der Waals surface area contributed by atoms with Crippen LogP contribution >= 0.6 is 12.1 Å². The van der Waals surface area contributed by atoms with Crippen LogP contribution in [0.25, 0.3) is 0 Å². The van der Waals surface area contributed by atoms with Gasteiger partial charge < -0.3 is 20.4 Å². The van der Waals surface area contributed by atoms with Gasteiger partial charge >= 0.3 is 0 Å². The summed E-state index contributed by atoms with van der Waals surface area (Å²) >= 11 is 11.0. The molecule has 0 spiro atoms. The molecule has 0 bridgehead atoms. The van der Waals surface area contributed by atoms with E-state index >= 15 is 0 Å². The van der Waals surface area contributed by atoms with E-state index in [2.05, 4.69) is 0 Å². The van der Waals surface area contributed by atoms with Crippen molar-refractivity contribution in [2.75, 3.05) is 12.3 Å². The number of aliphatic hydroxyl groups excluding tert-OH is 4. The number of hydrogen-bond acceptors (Lipinski definition) is 6. The maximum absolute atomic E-state index is 10.5. The molecule has 120 valence electrons. The van der Waals surface area contributed by atoms with Gasteiger partial charge in [-0.1, -0.05) is 51.3 Å². The van der Waals surface area contributed by atoms with Crippen LogP contribution in [0.3, 0.4) is 0 Å². The molecule has 1 fully saturated rings. The van der Waals surface area contributed by atoms with Crippen molar-refractivity contribution in [2.24, 2.45) is 11.8 Å². The highest BCUT2D eigenvalue weighted by atomic mass is 32.4. The first-order valence-electron chi connectivity index (χ1n) is 6.86. The van der Waals surface area contributed by atoms with Gasteiger partial charge in [0.25, 0.3) is 0 Å². The van der Waals surface area contributed by atoms with Crippen molar-refractivity contribution < 1.29 is 20.4 Å². The Morgan fingerprint density at radius 2 is 0.900 bits per heavy atom. The van der Waals surface area contributed by atoms with Crippen LogP contribution in [0.5, 0.6) is 0 Å². The summed E-state index contributed by atoms with van der Waals surface area (Å²) < 4.78 is 0. The van der Waals surface area contributed by atoms with Gasteiger partial charge in [-0.2, -0.15) is 0 Å². The van der Waals surface area contributed by atoms with Crippen LogP contribution in [0.15, 0.2) is 0 Å². The quantitative estimate of drug-likeness (QED) is 0.570. The topological polar surface area (TPSA) is 80.9 Å². The first-order chi connectivity index (χ1) is 8.96. The van der Waals surface area contributed by atoms with Crippen LogP contribution in [0.1, 0.15) is 27.7 Å². The van der Waals surface area contributed by atoms with Gasteiger partial charge in [0.1, 0.15) is 23.4 Å². The third kappa shape index (κ3) is 3.38. The zero-order valence-corrected chi connectivity index (χ0v) is 15.8. The Labute approximate surface area is 131 Å². The lowest BCUT2D eigenvalue weighted by atomic mass is 10.3. The lowest BCUT2D eigenvalue weighted by Gasteiger charge is -2.49. The minimum atomic E-state index is -2.68. The van der Waals surface area contributed by atoms with Crippen molar-refractivity contribution in [3.63, 3.8) is 0 Å². The van der Waals surface area contributed by atoms with Gasteiger partial charge in [-0.05, 0) is 24.2 Å². The Kier molecular flexibility index (Phi) is 6.44. The van der Waals surface area contributed by atoms with Gasteiger partial charge in [0.05, 0.1) is 0 Å². The van der Waals surface area contributed by atoms with E-state index in [0.717, 1.165) is 0 Å². The van der Waals surface area contributed by atoms with Crippen LogP contribution in [-0.2, 0) is 23.6 Å². The highest BCUT2D eigenvalue weighted by molar-refractivity contribution is 8.19.